The molecule has 0 N–H and O–H groups in total. The maximum Gasteiger partial charge on any atom is 1.00 e. The van der Waals surface area contributed by atoms with E-state index in [0.29, 0.717) is 6.47 Å². The van der Waals surface area contributed by atoms with Gasteiger partial charge >= 0.3 is 18.9 Å². The Morgan fingerprint density at radius 3 is 2.14 bits per heavy atom. The molecule has 0 aliphatic carbocycles. The van der Waals surface area contributed by atoms with Crippen molar-refractivity contribution in [2.75, 3.05) is 0 Å². The third-order valence-corrected chi connectivity index (χ3v) is 0.328. The van der Waals surface area contributed by atoms with Gasteiger partial charge in [-0.2, -0.15) is 0 Å². The van der Waals surface area contributed by atoms with Crippen LogP contribution >= 0.6 is 0 Å². The molecular formula is C4H9LiO2. The van der Waals surface area contributed by atoms with Gasteiger partial charge < -0.3 is 6.16 Å². The Labute approximate surface area is 56.9 Å². The van der Waals surface area contributed by atoms with Gasteiger partial charge in [0, 0.05) is 0 Å². The van der Waals surface area contributed by atoms with Crippen LogP contribution in [0.5, 0.6) is 0 Å². The van der Waals surface area contributed by atoms with Gasteiger partial charge in [-0.05, 0) is 13.8 Å². The van der Waals surface area contributed by atoms with E-state index < -0.39 is 0 Å². The van der Waals surface area contributed by atoms with Crippen LogP contribution < -0.4 is 18.9 Å². The second-order valence-electron chi connectivity index (χ2n) is 1.28. The van der Waals surface area contributed by atoms with Gasteiger partial charge in [0.2, 0.25) is 0 Å². The van der Waals surface area contributed by atoms with Gasteiger partial charge in [0.1, 0.15) is 0 Å². The topological polar surface area (TPSA) is 26.3 Å². The summed E-state index contributed by atoms with van der Waals surface area (Å²) in [7, 11) is 0. The molecule has 0 amide bonds. The van der Waals surface area contributed by atoms with E-state index >= 15 is 0 Å². The molecule has 0 rings (SSSR count). The van der Waals surface area contributed by atoms with Crippen molar-refractivity contribution in [3.63, 3.8) is 0 Å². The summed E-state index contributed by atoms with van der Waals surface area (Å²) in [6.07, 6.45) is 0.0301. The van der Waals surface area contributed by atoms with Crippen LogP contribution in [0.3, 0.4) is 0 Å². The second-order valence-corrected chi connectivity index (χ2v) is 1.28. The van der Waals surface area contributed by atoms with E-state index in [4.69, 9.17) is 0 Å². The minimum Gasteiger partial charge on any atom is -1.00 e. The van der Waals surface area contributed by atoms with Gasteiger partial charge in [-0.15, -0.1) is 0 Å². The van der Waals surface area contributed by atoms with Crippen LogP contribution in [-0.2, 0) is 9.53 Å². The number of rotatable bonds is 2. The number of carbonyl (C=O) groups is 1. The SMILES string of the molecule is CC(C)OC=O.[H-].[Li+]. The van der Waals surface area contributed by atoms with Crippen molar-refractivity contribution >= 4 is 6.47 Å². The molecule has 0 heterocycles. The van der Waals surface area contributed by atoms with E-state index in [1.807, 2.05) is 0 Å². The molecule has 0 aliphatic heterocycles. The standard InChI is InChI=1S/C4H8O2.Li.H/c1-4(2)6-3-5;;/h3-4H,1-2H3;;/q;+1;-1. The van der Waals surface area contributed by atoms with Crippen molar-refractivity contribution in [2.24, 2.45) is 0 Å². The molecule has 0 radical (unpaired) electrons. The van der Waals surface area contributed by atoms with Gasteiger partial charge in [-0.25, -0.2) is 0 Å². The zero-order valence-corrected chi connectivity index (χ0v) is 4.97. The summed E-state index contributed by atoms with van der Waals surface area (Å²) < 4.78 is 4.36. The van der Waals surface area contributed by atoms with Gasteiger partial charge in [0.25, 0.3) is 6.47 Å². The summed E-state index contributed by atoms with van der Waals surface area (Å²) in [6.45, 7) is 4.05. The first-order valence-electron chi connectivity index (χ1n) is 1.86. The Morgan fingerprint density at radius 1 is 1.71 bits per heavy atom. The molecule has 7 heavy (non-hydrogen) atoms. The Kier molecular flexibility index (Phi) is 8.78. The van der Waals surface area contributed by atoms with Gasteiger partial charge in [-0.1, -0.05) is 0 Å². The summed E-state index contributed by atoms with van der Waals surface area (Å²) in [4.78, 5) is 9.39. The maximum atomic E-state index is 9.39. The average molecular weight is 96.1 g/mol. The smallest absolute Gasteiger partial charge is 1.00 e. The molecule has 0 saturated carbocycles. The van der Waals surface area contributed by atoms with E-state index in [9.17, 15) is 4.79 Å². The molecule has 0 aromatic heterocycles. The van der Waals surface area contributed by atoms with Crippen LogP contribution in [0.4, 0.5) is 0 Å². The number of hydrogen-bond donors (Lipinski definition) is 0. The van der Waals surface area contributed by atoms with Crippen LogP contribution in [0, 0.1) is 0 Å². The number of hydrogen-bond acceptors (Lipinski definition) is 2. The fraction of sp³-hybridized carbons (Fsp3) is 0.750. The minimum absolute atomic E-state index is 0. The normalized spacial score (nSPS) is 7.29. The van der Waals surface area contributed by atoms with E-state index in [1.54, 1.807) is 13.8 Å². The first-order chi connectivity index (χ1) is 2.77. The molecule has 0 spiro atoms. The average Bonchev–Trinajstić information content (AvgIpc) is 1.35. The molecule has 2 nitrogen and oxygen atoms in total. The van der Waals surface area contributed by atoms with E-state index in [-0.39, 0.29) is 26.4 Å². The van der Waals surface area contributed by atoms with Crippen LogP contribution in [0.2, 0.25) is 0 Å². The van der Waals surface area contributed by atoms with Crippen LogP contribution in [0.1, 0.15) is 15.3 Å². The largest absolute Gasteiger partial charge is 1.00 e. The Balaban J connectivity index is -0.000000125. The molecule has 0 atom stereocenters. The predicted molar refractivity (Wildman–Crippen MR) is 23.4 cm³/mol. The summed E-state index contributed by atoms with van der Waals surface area (Å²) >= 11 is 0. The number of ether oxygens (including phenoxy) is 1. The van der Waals surface area contributed by atoms with Crippen LogP contribution in [-0.4, -0.2) is 12.6 Å². The Hall–Kier alpha value is 0.0674. The fourth-order valence-electron chi connectivity index (χ4n) is 0.111. The third kappa shape index (κ3) is 10.7. The molecular weight excluding hydrogens is 87.0 g/mol. The maximum absolute atomic E-state index is 9.39. The van der Waals surface area contributed by atoms with E-state index in [1.165, 1.54) is 0 Å². The molecule has 0 aromatic rings. The zero-order chi connectivity index (χ0) is 4.99. The molecule has 0 aromatic carbocycles. The van der Waals surface area contributed by atoms with Crippen molar-refractivity contribution in [2.45, 2.75) is 20.0 Å². The van der Waals surface area contributed by atoms with E-state index in [0.717, 1.165) is 0 Å². The molecule has 0 saturated heterocycles. The van der Waals surface area contributed by atoms with Crippen molar-refractivity contribution in [3.8, 4) is 0 Å². The summed E-state index contributed by atoms with van der Waals surface area (Å²) in [6, 6.07) is 0. The quantitative estimate of drug-likeness (QED) is 0.285. The molecule has 0 fully saturated rings. The summed E-state index contributed by atoms with van der Waals surface area (Å²) in [5, 5.41) is 0. The third-order valence-electron chi connectivity index (χ3n) is 0.328. The summed E-state index contributed by atoms with van der Waals surface area (Å²) in [5.74, 6) is 0. The molecule has 0 unspecified atom stereocenters. The monoisotopic (exact) mass is 96.1 g/mol. The molecule has 38 valence electrons. The number of carbonyl (C=O) groups excluding carboxylic acids is 1. The van der Waals surface area contributed by atoms with Gasteiger partial charge in [-0.3, -0.25) is 4.79 Å². The fourth-order valence-corrected chi connectivity index (χ4v) is 0.111. The second kappa shape index (κ2) is 6.07. The predicted octanol–water partition coefficient (Wildman–Crippen LogP) is -2.32. The molecule has 0 aliphatic rings. The van der Waals surface area contributed by atoms with Gasteiger partial charge in [0.05, 0.1) is 6.10 Å². The Bertz CT molecular complexity index is 49.3. The summed E-state index contributed by atoms with van der Waals surface area (Å²) in [5.41, 5.74) is 0. The van der Waals surface area contributed by atoms with Crippen molar-refractivity contribution in [1.82, 2.24) is 0 Å². The van der Waals surface area contributed by atoms with Crippen molar-refractivity contribution < 1.29 is 29.8 Å². The van der Waals surface area contributed by atoms with Crippen molar-refractivity contribution in [1.29, 1.82) is 0 Å². The first-order valence-corrected chi connectivity index (χ1v) is 1.86. The molecule has 0 bridgehead atoms. The van der Waals surface area contributed by atoms with Crippen LogP contribution in [0.25, 0.3) is 0 Å². The van der Waals surface area contributed by atoms with Gasteiger partial charge in [0.15, 0.2) is 0 Å². The molecule has 3 heteroatoms. The van der Waals surface area contributed by atoms with Crippen LogP contribution in [0.15, 0.2) is 0 Å². The minimum atomic E-state index is 0. The Morgan fingerprint density at radius 2 is 2.14 bits per heavy atom. The van der Waals surface area contributed by atoms with Crippen molar-refractivity contribution in [3.05, 3.63) is 0 Å². The van der Waals surface area contributed by atoms with E-state index in [2.05, 4.69) is 4.74 Å². The zero-order valence-electron chi connectivity index (χ0n) is 5.97. The first kappa shape index (κ1) is 10.1.